The number of halogens is 1. The van der Waals surface area contributed by atoms with E-state index in [1.807, 2.05) is 23.1 Å². The molecule has 1 fully saturated rings. The Kier molecular flexibility index (Phi) is 4.36. The predicted molar refractivity (Wildman–Crippen MR) is 82.4 cm³/mol. The summed E-state index contributed by atoms with van der Waals surface area (Å²) in [6.45, 7) is 1.58. The first-order valence-corrected chi connectivity index (χ1v) is 8.00. The fourth-order valence-corrected chi connectivity index (χ4v) is 3.67. The maximum atomic E-state index is 12.4. The quantitative estimate of drug-likeness (QED) is 0.882. The number of nitrogens with one attached hydrogen (secondary N) is 1. The number of amides is 2. The van der Waals surface area contributed by atoms with Crippen LogP contribution in [0.1, 0.15) is 36.4 Å². The zero-order valence-corrected chi connectivity index (χ0v) is 12.8. The van der Waals surface area contributed by atoms with Gasteiger partial charge in [0.1, 0.15) is 0 Å². The highest BCUT2D eigenvalue weighted by Crippen LogP contribution is 2.35. The third-order valence-electron chi connectivity index (χ3n) is 4.58. The molecule has 3 rings (SSSR count). The Hall–Kier alpha value is -1.26. The lowest BCUT2D eigenvalue weighted by Crippen LogP contribution is -2.46. The van der Waals surface area contributed by atoms with E-state index in [0.717, 1.165) is 48.4 Å². The molecule has 2 N–H and O–H groups in total. The van der Waals surface area contributed by atoms with Crippen LogP contribution in [0.4, 0.5) is 4.79 Å². The molecule has 0 saturated carbocycles. The van der Waals surface area contributed by atoms with E-state index in [2.05, 4.69) is 5.32 Å². The Labute approximate surface area is 130 Å². The van der Waals surface area contributed by atoms with Crippen LogP contribution in [0.15, 0.2) is 18.2 Å². The number of likely N-dealkylation sites (tertiary alicyclic amines) is 1. The number of carbonyl (C=O) groups excluding carboxylic acids is 1. The van der Waals surface area contributed by atoms with Crippen LogP contribution in [-0.2, 0) is 6.42 Å². The number of fused-ring (bicyclic) bond motifs is 1. The van der Waals surface area contributed by atoms with Crippen molar-refractivity contribution in [3.05, 3.63) is 34.3 Å². The molecule has 1 aromatic carbocycles. The molecule has 2 atom stereocenters. The topological polar surface area (TPSA) is 52.6 Å². The van der Waals surface area contributed by atoms with Crippen molar-refractivity contribution in [1.29, 1.82) is 0 Å². The Balaban J connectivity index is 1.66. The molecule has 1 heterocycles. The summed E-state index contributed by atoms with van der Waals surface area (Å²) in [6.07, 6.45) is 3.79. The number of piperidine rings is 1. The maximum Gasteiger partial charge on any atom is 0.317 e. The molecule has 0 bridgehead atoms. The second kappa shape index (κ2) is 6.24. The third-order valence-corrected chi connectivity index (χ3v) is 4.93. The fourth-order valence-electron chi connectivity index (χ4n) is 3.40. The maximum absolute atomic E-state index is 12.4. The molecule has 114 valence electrons. The number of aliphatic hydroxyl groups is 1. The summed E-state index contributed by atoms with van der Waals surface area (Å²) in [5.41, 5.74) is 2.31. The second-order valence-electron chi connectivity index (χ2n) is 5.99. The van der Waals surface area contributed by atoms with Crippen LogP contribution in [0.3, 0.4) is 0 Å². The van der Waals surface area contributed by atoms with Crippen molar-refractivity contribution in [2.45, 2.75) is 31.7 Å². The number of nitrogens with zero attached hydrogens (tertiary/aromatic N) is 1. The first kappa shape index (κ1) is 14.7. The summed E-state index contributed by atoms with van der Waals surface area (Å²) in [5, 5.41) is 13.2. The smallest absolute Gasteiger partial charge is 0.317 e. The molecule has 2 amide bonds. The molecule has 4 nitrogen and oxygen atoms in total. The Morgan fingerprint density at radius 1 is 1.43 bits per heavy atom. The highest BCUT2D eigenvalue weighted by atomic mass is 35.5. The van der Waals surface area contributed by atoms with Gasteiger partial charge in [-0.15, -0.1) is 0 Å². The van der Waals surface area contributed by atoms with Crippen LogP contribution in [0.25, 0.3) is 0 Å². The van der Waals surface area contributed by atoms with Crippen LogP contribution in [0.5, 0.6) is 0 Å². The zero-order chi connectivity index (χ0) is 14.8. The molecule has 1 aromatic rings. The van der Waals surface area contributed by atoms with Gasteiger partial charge < -0.3 is 15.3 Å². The van der Waals surface area contributed by atoms with Gasteiger partial charge in [-0.05, 0) is 48.8 Å². The minimum Gasteiger partial charge on any atom is -0.396 e. The van der Waals surface area contributed by atoms with E-state index >= 15 is 0 Å². The molecule has 1 saturated heterocycles. The molecular formula is C16H21ClN2O2. The molecule has 0 aromatic heterocycles. The molecule has 1 aliphatic carbocycles. The number of carbonyl (C=O) groups is 1. The minimum atomic E-state index is -0.0222. The summed E-state index contributed by atoms with van der Waals surface area (Å²) in [4.78, 5) is 14.2. The molecule has 5 heteroatoms. The van der Waals surface area contributed by atoms with Gasteiger partial charge in [-0.3, -0.25) is 0 Å². The van der Waals surface area contributed by atoms with Crippen molar-refractivity contribution in [1.82, 2.24) is 10.2 Å². The number of rotatable bonds is 2. The summed E-state index contributed by atoms with van der Waals surface area (Å²) < 4.78 is 0. The van der Waals surface area contributed by atoms with Gasteiger partial charge in [-0.25, -0.2) is 4.79 Å². The van der Waals surface area contributed by atoms with Crippen molar-refractivity contribution in [3.8, 4) is 0 Å². The van der Waals surface area contributed by atoms with Gasteiger partial charge in [0.25, 0.3) is 0 Å². The van der Waals surface area contributed by atoms with E-state index in [9.17, 15) is 9.90 Å². The normalized spacial score (nSPS) is 24.8. The van der Waals surface area contributed by atoms with E-state index in [1.54, 1.807) is 0 Å². The molecule has 0 radical (unpaired) electrons. The molecular weight excluding hydrogens is 288 g/mol. The van der Waals surface area contributed by atoms with Crippen LogP contribution in [0.2, 0.25) is 5.02 Å². The van der Waals surface area contributed by atoms with Gasteiger partial charge in [0, 0.05) is 24.7 Å². The second-order valence-corrected chi connectivity index (χ2v) is 6.39. The fraction of sp³-hybridized carbons (Fsp3) is 0.562. The van der Waals surface area contributed by atoms with Crippen molar-refractivity contribution in [2.75, 3.05) is 19.7 Å². The lowest BCUT2D eigenvalue weighted by Gasteiger charge is -2.32. The van der Waals surface area contributed by atoms with Crippen molar-refractivity contribution >= 4 is 17.6 Å². The largest absolute Gasteiger partial charge is 0.396 e. The van der Waals surface area contributed by atoms with Crippen LogP contribution >= 0.6 is 11.6 Å². The first-order valence-electron chi connectivity index (χ1n) is 7.62. The number of benzene rings is 1. The highest BCUT2D eigenvalue weighted by Gasteiger charge is 2.29. The van der Waals surface area contributed by atoms with Gasteiger partial charge in [0.05, 0.1) is 6.04 Å². The lowest BCUT2D eigenvalue weighted by molar-refractivity contribution is 0.128. The molecule has 2 aliphatic rings. The van der Waals surface area contributed by atoms with E-state index in [4.69, 9.17) is 11.6 Å². The number of hydrogen-bond acceptors (Lipinski definition) is 2. The van der Waals surface area contributed by atoms with Crippen molar-refractivity contribution < 1.29 is 9.90 Å². The van der Waals surface area contributed by atoms with E-state index < -0.39 is 0 Å². The average molecular weight is 309 g/mol. The lowest BCUT2D eigenvalue weighted by atomic mass is 9.99. The first-order chi connectivity index (χ1) is 10.2. The molecule has 0 spiro atoms. The van der Waals surface area contributed by atoms with E-state index in [1.165, 1.54) is 0 Å². The van der Waals surface area contributed by atoms with E-state index in [-0.39, 0.29) is 24.6 Å². The Bertz CT molecular complexity index is 535. The molecule has 1 aliphatic heterocycles. The van der Waals surface area contributed by atoms with Gasteiger partial charge in [0.15, 0.2) is 0 Å². The molecule has 2 unspecified atom stereocenters. The highest BCUT2D eigenvalue weighted by molar-refractivity contribution is 6.31. The average Bonchev–Trinajstić information content (AvgIpc) is 2.92. The minimum absolute atomic E-state index is 0.0222. The zero-order valence-electron chi connectivity index (χ0n) is 12.0. The third kappa shape index (κ3) is 3.01. The van der Waals surface area contributed by atoms with Gasteiger partial charge in [0.2, 0.25) is 0 Å². The summed E-state index contributed by atoms with van der Waals surface area (Å²) in [5.74, 6) is 0.217. The summed E-state index contributed by atoms with van der Waals surface area (Å²) in [6, 6.07) is 5.92. The van der Waals surface area contributed by atoms with Gasteiger partial charge in [-0.2, -0.15) is 0 Å². The summed E-state index contributed by atoms with van der Waals surface area (Å²) >= 11 is 6.21. The molecule has 21 heavy (non-hydrogen) atoms. The standard InChI is InChI=1S/C16H21ClN2O2/c17-14-5-1-4-13-12(14)6-7-15(13)18-16(21)19-8-2-3-11(9-19)10-20/h1,4-5,11,15,20H,2-3,6-10H2,(H,18,21). The van der Waals surface area contributed by atoms with Crippen molar-refractivity contribution in [2.24, 2.45) is 5.92 Å². The van der Waals surface area contributed by atoms with Crippen LogP contribution in [-0.4, -0.2) is 35.7 Å². The number of hydrogen-bond donors (Lipinski definition) is 2. The predicted octanol–water partition coefficient (Wildman–Crippen LogP) is 2.74. The van der Waals surface area contributed by atoms with Gasteiger partial charge in [-0.1, -0.05) is 23.7 Å². The Morgan fingerprint density at radius 3 is 3.10 bits per heavy atom. The van der Waals surface area contributed by atoms with Crippen LogP contribution in [0, 0.1) is 5.92 Å². The van der Waals surface area contributed by atoms with Crippen molar-refractivity contribution in [3.63, 3.8) is 0 Å². The summed E-state index contributed by atoms with van der Waals surface area (Å²) in [7, 11) is 0. The van der Waals surface area contributed by atoms with E-state index in [0.29, 0.717) is 6.54 Å². The number of urea groups is 1. The van der Waals surface area contributed by atoms with Gasteiger partial charge >= 0.3 is 6.03 Å². The number of aliphatic hydroxyl groups excluding tert-OH is 1. The SMILES string of the molecule is O=C(NC1CCc2c(Cl)cccc21)N1CCCC(CO)C1. The Morgan fingerprint density at radius 2 is 2.29 bits per heavy atom. The monoisotopic (exact) mass is 308 g/mol. The van der Waals surface area contributed by atoms with Crippen LogP contribution < -0.4 is 5.32 Å².